The number of rotatable bonds is 7. The number of H-pyrrole nitrogens is 1. The molecule has 5 nitrogen and oxygen atoms in total. The summed E-state index contributed by atoms with van der Waals surface area (Å²) in [4.78, 5) is 3.32. The fourth-order valence-electron chi connectivity index (χ4n) is 2.42. The first-order valence-corrected chi connectivity index (χ1v) is 8.64. The summed E-state index contributed by atoms with van der Waals surface area (Å²) in [6.45, 7) is 4.14. The van der Waals surface area contributed by atoms with E-state index < -0.39 is 10.0 Å². The molecule has 2 aromatic rings. The summed E-state index contributed by atoms with van der Waals surface area (Å²) in [5, 5.41) is 1.15. The summed E-state index contributed by atoms with van der Waals surface area (Å²) in [5.41, 5.74) is 3.33. The molecule has 1 aromatic carbocycles. The van der Waals surface area contributed by atoms with Crippen LogP contribution in [0.15, 0.2) is 24.3 Å². The fraction of sp³-hybridized carbons (Fsp3) is 0.467. The molecule has 0 bridgehead atoms. The molecule has 1 heterocycles. The molecule has 21 heavy (non-hydrogen) atoms. The number of aromatic amines is 1. The number of nitrogens with one attached hydrogen (secondary N) is 2. The lowest BCUT2D eigenvalue weighted by Gasteiger charge is -2.11. The molecule has 0 unspecified atom stereocenters. The monoisotopic (exact) mass is 310 g/mol. The van der Waals surface area contributed by atoms with Gasteiger partial charge in [-0.05, 0) is 31.9 Å². The first kappa shape index (κ1) is 16.0. The van der Waals surface area contributed by atoms with E-state index in [1.54, 1.807) is 6.92 Å². The Morgan fingerprint density at radius 2 is 2.05 bits per heavy atom. The van der Waals surface area contributed by atoms with Crippen LogP contribution in [0, 0.1) is 6.92 Å². The zero-order chi connectivity index (χ0) is 15.5. The number of hydrogen-bond donors (Lipinski definition) is 2. The Morgan fingerprint density at radius 1 is 1.33 bits per heavy atom. The van der Waals surface area contributed by atoms with Gasteiger partial charge in [-0.25, -0.2) is 13.1 Å². The summed E-state index contributed by atoms with van der Waals surface area (Å²) in [5.74, 6) is -0.0175. The van der Waals surface area contributed by atoms with Crippen molar-refractivity contribution in [2.24, 2.45) is 0 Å². The van der Waals surface area contributed by atoms with Crippen molar-refractivity contribution in [1.29, 1.82) is 0 Å². The zero-order valence-corrected chi connectivity index (χ0v) is 13.5. The second-order valence-corrected chi connectivity index (χ2v) is 7.10. The van der Waals surface area contributed by atoms with Gasteiger partial charge in [0.15, 0.2) is 0 Å². The van der Waals surface area contributed by atoms with Crippen molar-refractivity contribution in [3.63, 3.8) is 0 Å². The average Bonchev–Trinajstić information content (AvgIpc) is 2.74. The van der Waals surface area contributed by atoms with Gasteiger partial charge in [0.25, 0.3) is 0 Å². The molecule has 116 valence electrons. The number of fused-ring (bicyclic) bond motifs is 1. The lowest BCUT2D eigenvalue weighted by molar-refractivity contribution is 0.136. The molecule has 2 rings (SSSR count). The van der Waals surface area contributed by atoms with Crippen molar-refractivity contribution in [2.75, 3.05) is 19.4 Å². The predicted molar refractivity (Wildman–Crippen MR) is 85.0 cm³/mol. The van der Waals surface area contributed by atoms with Crippen LogP contribution in [-0.2, 0) is 21.2 Å². The summed E-state index contributed by atoms with van der Waals surface area (Å²) >= 11 is 0. The van der Waals surface area contributed by atoms with E-state index in [4.69, 9.17) is 4.74 Å². The summed E-state index contributed by atoms with van der Waals surface area (Å²) < 4.78 is 31.4. The molecule has 0 aliphatic heterocycles. The standard InChI is InChI=1S/C15H22N2O3S/c1-11(20-3)10-21(18,19)16-9-8-13-12(2)17-15-7-5-4-6-14(13)15/h4-7,11,16-17H,8-10H2,1-3H3/t11-/m0/s1. The largest absolute Gasteiger partial charge is 0.381 e. The predicted octanol–water partition coefficient (Wildman–Crippen LogP) is 1.97. The molecule has 0 saturated heterocycles. The van der Waals surface area contributed by atoms with Gasteiger partial charge in [-0.3, -0.25) is 0 Å². The maximum absolute atomic E-state index is 11.9. The fourth-order valence-corrected chi connectivity index (χ4v) is 3.71. The van der Waals surface area contributed by atoms with E-state index >= 15 is 0 Å². The third-order valence-electron chi connectivity index (χ3n) is 3.58. The minimum atomic E-state index is -3.30. The Morgan fingerprint density at radius 3 is 2.76 bits per heavy atom. The van der Waals surface area contributed by atoms with Crippen molar-refractivity contribution in [3.8, 4) is 0 Å². The highest BCUT2D eigenvalue weighted by molar-refractivity contribution is 7.89. The second kappa shape index (κ2) is 6.60. The topological polar surface area (TPSA) is 71.2 Å². The zero-order valence-electron chi connectivity index (χ0n) is 12.6. The van der Waals surface area contributed by atoms with Crippen molar-refractivity contribution in [2.45, 2.75) is 26.4 Å². The number of aryl methyl sites for hydroxylation is 1. The normalized spacial score (nSPS) is 13.7. The maximum atomic E-state index is 11.9. The van der Waals surface area contributed by atoms with Gasteiger partial charge < -0.3 is 9.72 Å². The average molecular weight is 310 g/mol. The molecule has 1 aromatic heterocycles. The SMILES string of the molecule is CO[C@@H](C)CS(=O)(=O)NCCc1c(C)[nH]c2ccccc12. The van der Waals surface area contributed by atoms with Crippen molar-refractivity contribution in [1.82, 2.24) is 9.71 Å². The van der Waals surface area contributed by atoms with Crippen LogP contribution in [0.25, 0.3) is 10.9 Å². The van der Waals surface area contributed by atoms with E-state index in [2.05, 4.69) is 15.8 Å². The molecule has 6 heteroatoms. The molecule has 0 saturated carbocycles. The third-order valence-corrected chi connectivity index (χ3v) is 5.13. The highest BCUT2D eigenvalue weighted by atomic mass is 32.2. The van der Waals surface area contributed by atoms with Crippen LogP contribution in [-0.4, -0.2) is 38.9 Å². The van der Waals surface area contributed by atoms with Crippen LogP contribution in [0.5, 0.6) is 0 Å². The van der Waals surface area contributed by atoms with Crippen molar-refractivity contribution >= 4 is 20.9 Å². The second-order valence-electron chi connectivity index (χ2n) is 5.25. The summed E-state index contributed by atoms with van der Waals surface area (Å²) in [7, 11) is -1.79. The van der Waals surface area contributed by atoms with Gasteiger partial charge in [0.1, 0.15) is 0 Å². The summed E-state index contributed by atoms with van der Waals surface area (Å²) in [6.07, 6.45) is 0.355. The molecule has 1 atom stereocenters. The minimum absolute atomic E-state index is 0.0175. The Kier molecular flexibility index (Phi) is 5.03. The number of sulfonamides is 1. The lowest BCUT2D eigenvalue weighted by atomic mass is 10.1. The Labute approximate surface area is 125 Å². The molecule has 0 spiro atoms. The molecule has 0 amide bonds. The molecule has 0 aliphatic carbocycles. The van der Waals surface area contributed by atoms with Crippen LogP contribution < -0.4 is 4.72 Å². The number of benzene rings is 1. The van der Waals surface area contributed by atoms with Gasteiger partial charge in [0, 0.05) is 30.3 Å². The first-order chi connectivity index (χ1) is 9.93. The highest BCUT2D eigenvalue weighted by Gasteiger charge is 2.15. The van der Waals surface area contributed by atoms with E-state index in [0.29, 0.717) is 13.0 Å². The first-order valence-electron chi connectivity index (χ1n) is 6.99. The Bertz CT molecular complexity index is 707. The molecule has 0 radical (unpaired) electrons. The van der Waals surface area contributed by atoms with Crippen LogP contribution in [0.1, 0.15) is 18.2 Å². The highest BCUT2D eigenvalue weighted by Crippen LogP contribution is 2.21. The quantitative estimate of drug-likeness (QED) is 0.821. The molecule has 2 N–H and O–H groups in total. The number of aromatic nitrogens is 1. The number of methoxy groups -OCH3 is 1. The van der Waals surface area contributed by atoms with Gasteiger partial charge in [0.2, 0.25) is 10.0 Å². The van der Waals surface area contributed by atoms with Crippen LogP contribution in [0.2, 0.25) is 0 Å². The van der Waals surface area contributed by atoms with E-state index in [9.17, 15) is 8.42 Å². The minimum Gasteiger partial charge on any atom is -0.381 e. The number of para-hydroxylation sites is 1. The van der Waals surface area contributed by atoms with Crippen LogP contribution in [0.4, 0.5) is 0 Å². The van der Waals surface area contributed by atoms with Crippen molar-refractivity contribution < 1.29 is 13.2 Å². The van der Waals surface area contributed by atoms with E-state index in [-0.39, 0.29) is 11.9 Å². The van der Waals surface area contributed by atoms with Crippen molar-refractivity contribution in [3.05, 3.63) is 35.5 Å². The molecular weight excluding hydrogens is 288 g/mol. The van der Waals surface area contributed by atoms with Gasteiger partial charge in [0.05, 0.1) is 11.9 Å². The Balaban J connectivity index is 2.01. The lowest BCUT2D eigenvalue weighted by Crippen LogP contribution is -2.33. The Hall–Kier alpha value is -1.37. The van der Waals surface area contributed by atoms with Gasteiger partial charge in [-0.1, -0.05) is 18.2 Å². The van der Waals surface area contributed by atoms with Crippen LogP contribution in [0.3, 0.4) is 0 Å². The van der Waals surface area contributed by atoms with Gasteiger partial charge >= 0.3 is 0 Å². The molecule has 0 aliphatic rings. The van der Waals surface area contributed by atoms with E-state index in [1.807, 2.05) is 25.1 Å². The summed E-state index contributed by atoms with van der Waals surface area (Å²) in [6, 6.07) is 8.05. The van der Waals surface area contributed by atoms with E-state index in [1.165, 1.54) is 7.11 Å². The molecule has 0 fully saturated rings. The van der Waals surface area contributed by atoms with Gasteiger partial charge in [-0.2, -0.15) is 0 Å². The van der Waals surface area contributed by atoms with Crippen LogP contribution >= 0.6 is 0 Å². The molecular formula is C15H22N2O3S. The number of ether oxygens (including phenoxy) is 1. The smallest absolute Gasteiger partial charge is 0.214 e. The van der Waals surface area contributed by atoms with Gasteiger partial charge in [-0.15, -0.1) is 0 Å². The maximum Gasteiger partial charge on any atom is 0.214 e. The third kappa shape index (κ3) is 4.06. The number of hydrogen-bond acceptors (Lipinski definition) is 3. The van der Waals surface area contributed by atoms with E-state index in [0.717, 1.165) is 22.2 Å².